The van der Waals surface area contributed by atoms with E-state index in [1.807, 2.05) is 25.4 Å². The molecular formula is C14H15F2NS. The van der Waals surface area contributed by atoms with Crippen LogP contribution >= 0.6 is 11.3 Å². The van der Waals surface area contributed by atoms with Crippen molar-refractivity contribution in [3.05, 3.63) is 57.3 Å². The van der Waals surface area contributed by atoms with Gasteiger partial charge in [-0.15, -0.1) is 11.3 Å². The molecule has 0 aliphatic rings. The number of halogens is 2. The van der Waals surface area contributed by atoms with E-state index in [1.54, 1.807) is 23.5 Å². The summed E-state index contributed by atoms with van der Waals surface area (Å²) in [5.74, 6) is -1.53. The van der Waals surface area contributed by atoms with Crippen molar-refractivity contribution in [2.75, 3.05) is 7.05 Å². The second-order valence-electron chi connectivity index (χ2n) is 4.19. The zero-order valence-electron chi connectivity index (χ0n) is 10.3. The SMILES string of the molecule is CNC(Cc1cccc(F)c1F)c1ccsc1C. The molecule has 1 nitrogen and oxygen atoms in total. The minimum absolute atomic E-state index is 0.00699. The standard InChI is InChI=1S/C14H15F2NS/c1-9-11(6-7-18-9)13(17-2)8-10-4-3-5-12(15)14(10)16/h3-7,13,17H,8H2,1-2H3. The Bertz CT molecular complexity index is 536. The number of rotatable bonds is 4. The predicted molar refractivity (Wildman–Crippen MR) is 70.9 cm³/mol. The Morgan fingerprint density at radius 1 is 1.28 bits per heavy atom. The number of thiophene rings is 1. The molecule has 0 amide bonds. The van der Waals surface area contributed by atoms with Crippen LogP contribution < -0.4 is 5.32 Å². The molecule has 0 fully saturated rings. The van der Waals surface area contributed by atoms with Gasteiger partial charge in [0.25, 0.3) is 0 Å². The van der Waals surface area contributed by atoms with Gasteiger partial charge in [-0.3, -0.25) is 0 Å². The fourth-order valence-electron chi connectivity index (χ4n) is 2.05. The topological polar surface area (TPSA) is 12.0 Å². The number of benzene rings is 1. The fourth-order valence-corrected chi connectivity index (χ4v) is 2.81. The van der Waals surface area contributed by atoms with Crippen LogP contribution in [0.25, 0.3) is 0 Å². The van der Waals surface area contributed by atoms with E-state index >= 15 is 0 Å². The average molecular weight is 267 g/mol. The number of hydrogen-bond donors (Lipinski definition) is 1. The molecule has 1 unspecified atom stereocenters. The summed E-state index contributed by atoms with van der Waals surface area (Å²) in [7, 11) is 1.83. The van der Waals surface area contributed by atoms with Crippen LogP contribution in [0.5, 0.6) is 0 Å². The molecule has 0 radical (unpaired) electrons. The first-order chi connectivity index (χ1) is 8.63. The molecule has 1 N–H and O–H groups in total. The summed E-state index contributed by atoms with van der Waals surface area (Å²) in [5, 5.41) is 5.17. The van der Waals surface area contributed by atoms with Crippen molar-refractivity contribution in [2.24, 2.45) is 0 Å². The van der Waals surface area contributed by atoms with Crippen LogP contribution in [0.1, 0.15) is 22.0 Å². The van der Waals surface area contributed by atoms with Crippen molar-refractivity contribution in [3.63, 3.8) is 0 Å². The minimum Gasteiger partial charge on any atom is -0.313 e. The molecule has 0 bridgehead atoms. The molecule has 1 aromatic carbocycles. The van der Waals surface area contributed by atoms with Crippen LogP contribution in [0, 0.1) is 18.6 Å². The lowest BCUT2D eigenvalue weighted by Gasteiger charge is -2.17. The van der Waals surface area contributed by atoms with E-state index in [9.17, 15) is 8.78 Å². The summed E-state index contributed by atoms with van der Waals surface area (Å²) in [6.07, 6.45) is 0.442. The number of nitrogens with one attached hydrogen (secondary N) is 1. The van der Waals surface area contributed by atoms with Gasteiger partial charge in [0.2, 0.25) is 0 Å². The van der Waals surface area contributed by atoms with Crippen molar-refractivity contribution in [3.8, 4) is 0 Å². The van der Waals surface area contributed by atoms with E-state index < -0.39 is 11.6 Å². The lowest BCUT2D eigenvalue weighted by molar-refractivity contribution is 0.487. The highest BCUT2D eigenvalue weighted by Crippen LogP contribution is 2.26. The molecule has 2 rings (SSSR count). The molecule has 0 spiro atoms. The van der Waals surface area contributed by atoms with E-state index in [4.69, 9.17) is 0 Å². The van der Waals surface area contributed by atoms with Crippen LogP contribution in [-0.2, 0) is 6.42 Å². The van der Waals surface area contributed by atoms with E-state index in [-0.39, 0.29) is 6.04 Å². The lowest BCUT2D eigenvalue weighted by atomic mass is 9.99. The Balaban J connectivity index is 2.26. The summed E-state index contributed by atoms with van der Waals surface area (Å²) >= 11 is 1.66. The van der Waals surface area contributed by atoms with Crippen molar-refractivity contribution in [2.45, 2.75) is 19.4 Å². The number of aryl methyl sites for hydroxylation is 1. The Morgan fingerprint density at radius 2 is 2.06 bits per heavy atom. The monoisotopic (exact) mass is 267 g/mol. The Hall–Kier alpha value is -1.26. The summed E-state index contributed by atoms with van der Waals surface area (Å²) in [4.78, 5) is 1.20. The number of likely N-dealkylation sites (N-methyl/N-ethyl adjacent to an activating group) is 1. The van der Waals surface area contributed by atoms with Crippen LogP contribution in [-0.4, -0.2) is 7.05 Å². The second-order valence-corrected chi connectivity index (χ2v) is 5.31. The maximum atomic E-state index is 13.6. The van der Waals surface area contributed by atoms with Gasteiger partial charge in [0.1, 0.15) is 0 Å². The van der Waals surface area contributed by atoms with Crippen molar-refractivity contribution < 1.29 is 8.78 Å². The van der Waals surface area contributed by atoms with Gasteiger partial charge in [-0.25, -0.2) is 8.78 Å². The van der Waals surface area contributed by atoms with Gasteiger partial charge in [0.15, 0.2) is 11.6 Å². The van der Waals surface area contributed by atoms with E-state index in [0.29, 0.717) is 12.0 Å². The van der Waals surface area contributed by atoms with Gasteiger partial charge in [-0.2, -0.15) is 0 Å². The highest BCUT2D eigenvalue weighted by Gasteiger charge is 2.16. The summed E-state index contributed by atoms with van der Waals surface area (Å²) < 4.78 is 26.8. The average Bonchev–Trinajstić information content (AvgIpc) is 2.77. The van der Waals surface area contributed by atoms with Gasteiger partial charge in [0.05, 0.1) is 0 Å². The maximum Gasteiger partial charge on any atom is 0.162 e. The van der Waals surface area contributed by atoms with Crippen LogP contribution in [0.2, 0.25) is 0 Å². The molecule has 0 aliphatic carbocycles. The van der Waals surface area contributed by atoms with Crippen LogP contribution in [0.15, 0.2) is 29.6 Å². The quantitative estimate of drug-likeness (QED) is 0.887. The Labute approximate surface area is 109 Å². The molecule has 96 valence electrons. The summed E-state index contributed by atoms with van der Waals surface area (Å²) in [6.45, 7) is 2.03. The van der Waals surface area contributed by atoms with Crippen molar-refractivity contribution in [1.29, 1.82) is 0 Å². The van der Waals surface area contributed by atoms with E-state index in [1.165, 1.54) is 4.88 Å². The second kappa shape index (κ2) is 5.59. The Morgan fingerprint density at radius 3 is 2.67 bits per heavy atom. The first-order valence-corrected chi connectivity index (χ1v) is 6.65. The first-order valence-electron chi connectivity index (χ1n) is 5.77. The fraction of sp³-hybridized carbons (Fsp3) is 0.286. The van der Waals surface area contributed by atoms with Gasteiger partial charge < -0.3 is 5.32 Å². The normalized spacial score (nSPS) is 12.7. The molecule has 0 saturated heterocycles. The van der Waals surface area contributed by atoms with Crippen molar-refractivity contribution in [1.82, 2.24) is 5.32 Å². The van der Waals surface area contributed by atoms with Crippen LogP contribution in [0.3, 0.4) is 0 Å². The molecule has 0 saturated carbocycles. The van der Waals surface area contributed by atoms with Gasteiger partial charge >= 0.3 is 0 Å². The van der Waals surface area contributed by atoms with E-state index in [2.05, 4.69) is 5.32 Å². The largest absolute Gasteiger partial charge is 0.313 e. The third-order valence-electron chi connectivity index (χ3n) is 3.08. The molecular weight excluding hydrogens is 252 g/mol. The molecule has 18 heavy (non-hydrogen) atoms. The van der Waals surface area contributed by atoms with Gasteiger partial charge in [0, 0.05) is 10.9 Å². The zero-order chi connectivity index (χ0) is 13.1. The summed E-state index contributed by atoms with van der Waals surface area (Å²) in [6, 6.07) is 6.35. The molecule has 4 heteroatoms. The maximum absolute atomic E-state index is 13.6. The lowest BCUT2D eigenvalue weighted by Crippen LogP contribution is -2.19. The summed E-state index contributed by atoms with van der Waals surface area (Å²) in [5.41, 5.74) is 1.55. The van der Waals surface area contributed by atoms with Gasteiger partial charge in [-0.05, 0) is 49.0 Å². The highest BCUT2D eigenvalue weighted by atomic mass is 32.1. The molecule has 2 aromatic rings. The number of hydrogen-bond acceptors (Lipinski definition) is 2. The minimum atomic E-state index is -0.788. The molecule has 1 atom stereocenters. The van der Waals surface area contributed by atoms with Crippen LogP contribution in [0.4, 0.5) is 8.78 Å². The predicted octanol–water partition coefficient (Wildman–Crippen LogP) is 3.84. The molecule has 1 aromatic heterocycles. The van der Waals surface area contributed by atoms with Crippen molar-refractivity contribution >= 4 is 11.3 Å². The molecule has 0 aliphatic heterocycles. The smallest absolute Gasteiger partial charge is 0.162 e. The Kier molecular flexibility index (Phi) is 4.09. The first kappa shape index (κ1) is 13.2. The highest BCUT2D eigenvalue weighted by molar-refractivity contribution is 7.10. The van der Waals surface area contributed by atoms with Gasteiger partial charge in [-0.1, -0.05) is 12.1 Å². The van der Waals surface area contributed by atoms with E-state index in [0.717, 1.165) is 11.6 Å². The third kappa shape index (κ3) is 2.60. The third-order valence-corrected chi connectivity index (χ3v) is 3.94. The zero-order valence-corrected chi connectivity index (χ0v) is 11.2. The molecule has 1 heterocycles.